The fourth-order valence-corrected chi connectivity index (χ4v) is 3.18. The molecule has 1 aliphatic rings. The first-order valence-corrected chi connectivity index (χ1v) is 7.35. The van der Waals surface area contributed by atoms with E-state index in [0.717, 1.165) is 17.4 Å². The van der Waals surface area contributed by atoms with Gasteiger partial charge in [-0.15, -0.1) is 11.3 Å². The largest absolute Gasteiger partial charge is 0.481 e. The van der Waals surface area contributed by atoms with E-state index in [1.54, 1.807) is 11.3 Å². The first-order valence-electron chi connectivity index (χ1n) is 6.47. The molecule has 0 spiro atoms. The van der Waals surface area contributed by atoms with Gasteiger partial charge in [0.05, 0.1) is 12.1 Å². The van der Waals surface area contributed by atoms with Crippen molar-refractivity contribution < 1.29 is 9.90 Å². The van der Waals surface area contributed by atoms with Crippen LogP contribution in [0.5, 0.6) is 0 Å². The molecule has 0 atom stereocenters. The molecular formula is C13H20N2O2S. The van der Waals surface area contributed by atoms with Gasteiger partial charge >= 0.3 is 5.97 Å². The predicted molar refractivity (Wildman–Crippen MR) is 73.1 cm³/mol. The number of rotatable bonds is 6. The van der Waals surface area contributed by atoms with E-state index < -0.39 is 5.97 Å². The summed E-state index contributed by atoms with van der Waals surface area (Å²) in [5, 5.41) is 14.9. The smallest absolute Gasteiger partial charge is 0.303 e. The van der Waals surface area contributed by atoms with Crippen LogP contribution in [0.4, 0.5) is 5.13 Å². The molecule has 2 N–H and O–H groups in total. The molecular weight excluding hydrogens is 248 g/mol. The minimum Gasteiger partial charge on any atom is -0.481 e. The summed E-state index contributed by atoms with van der Waals surface area (Å²) in [4.78, 5) is 14.9. The Bertz CT molecular complexity index is 411. The Hall–Kier alpha value is -1.10. The van der Waals surface area contributed by atoms with Gasteiger partial charge in [0.25, 0.3) is 0 Å². The molecule has 0 radical (unpaired) electrons. The summed E-state index contributed by atoms with van der Waals surface area (Å²) in [6.07, 6.45) is 5.92. The van der Waals surface area contributed by atoms with E-state index in [1.807, 2.05) is 5.38 Å². The van der Waals surface area contributed by atoms with Crippen LogP contribution in [0.2, 0.25) is 0 Å². The maximum Gasteiger partial charge on any atom is 0.303 e. The third kappa shape index (κ3) is 3.70. The maximum absolute atomic E-state index is 10.5. The van der Waals surface area contributed by atoms with E-state index in [9.17, 15) is 4.79 Å². The lowest BCUT2D eigenvalue weighted by atomic mass is 9.89. The van der Waals surface area contributed by atoms with Crippen molar-refractivity contribution in [2.75, 3.05) is 11.9 Å². The number of aromatic nitrogens is 1. The van der Waals surface area contributed by atoms with Crippen LogP contribution in [-0.2, 0) is 11.2 Å². The number of carbonyl (C=O) groups is 1. The monoisotopic (exact) mass is 268 g/mol. The molecule has 5 heteroatoms. The lowest BCUT2D eigenvalue weighted by Gasteiger charge is -2.23. The average molecular weight is 268 g/mol. The SMILES string of the molecule is CC1(CNc2nc(CCC(=O)O)cs2)CCCC1. The van der Waals surface area contributed by atoms with Gasteiger partial charge in [-0.25, -0.2) is 4.98 Å². The number of hydrogen-bond donors (Lipinski definition) is 2. The molecule has 4 nitrogen and oxygen atoms in total. The number of carboxylic acids is 1. The lowest BCUT2D eigenvalue weighted by molar-refractivity contribution is -0.136. The first kappa shape index (κ1) is 13.3. The maximum atomic E-state index is 10.5. The molecule has 100 valence electrons. The summed E-state index contributed by atoms with van der Waals surface area (Å²) in [5.41, 5.74) is 1.29. The Morgan fingerprint density at radius 3 is 2.94 bits per heavy atom. The van der Waals surface area contributed by atoms with Crippen molar-refractivity contribution >= 4 is 22.4 Å². The van der Waals surface area contributed by atoms with Crippen molar-refractivity contribution in [3.05, 3.63) is 11.1 Å². The van der Waals surface area contributed by atoms with Crippen molar-refractivity contribution in [1.82, 2.24) is 4.98 Å². The van der Waals surface area contributed by atoms with Gasteiger partial charge in [-0.05, 0) is 18.3 Å². The Labute approximate surface area is 111 Å². The molecule has 0 unspecified atom stereocenters. The summed E-state index contributed by atoms with van der Waals surface area (Å²) < 4.78 is 0. The van der Waals surface area contributed by atoms with E-state index >= 15 is 0 Å². The van der Waals surface area contributed by atoms with Crippen molar-refractivity contribution in [3.8, 4) is 0 Å². The highest BCUT2D eigenvalue weighted by atomic mass is 32.1. The first-order chi connectivity index (χ1) is 8.57. The number of nitrogens with zero attached hydrogens (tertiary/aromatic N) is 1. The normalized spacial score (nSPS) is 17.8. The van der Waals surface area contributed by atoms with Crippen LogP contribution in [0.25, 0.3) is 0 Å². The molecule has 0 aliphatic heterocycles. The molecule has 0 aromatic carbocycles. The highest BCUT2D eigenvalue weighted by Gasteiger charge is 2.28. The van der Waals surface area contributed by atoms with Gasteiger partial charge < -0.3 is 10.4 Å². The molecule has 1 aliphatic carbocycles. The van der Waals surface area contributed by atoms with Crippen LogP contribution in [0.15, 0.2) is 5.38 Å². The van der Waals surface area contributed by atoms with E-state index in [4.69, 9.17) is 5.11 Å². The van der Waals surface area contributed by atoms with Crippen LogP contribution >= 0.6 is 11.3 Å². The van der Waals surface area contributed by atoms with Crippen molar-refractivity contribution in [1.29, 1.82) is 0 Å². The molecule has 1 fully saturated rings. The Balaban J connectivity index is 1.81. The molecule has 0 saturated heterocycles. The average Bonchev–Trinajstić information content (AvgIpc) is 2.93. The van der Waals surface area contributed by atoms with Gasteiger partial charge in [-0.2, -0.15) is 0 Å². The molecule has 18 heavy (non-hydrogen) atoms. The Morgan fingerprint density at radius 2 is 2.28 bits per heavy atom. The molecule has 1 heterocycles. The number of nitrogens with one attached hydrogen (secondary N) is 1. The van der Waals surface area contributed by atoms with Crippen LogP contribution < -0.4 is 5.32 Å². The third-order valence-electron chi connectivity index (χ3n) is 3.62. The van der Waals surface area contributed by atoms with Gasteiger partial charge in [-0.3, -0.25) is 4.79 Å². The Kier molecular flexibility index (Phi) is 4.22. The van der Waals surface area contributed by atoms with E-state index in [-0.39, 0.29) is 6.42 Å². The van der Waals surface area contributed by atoms with Crippen LogP contribution in [0.1, 0.15) is 44.7 Å². The fourth-order valence-electron chi connectivity index (χ4n) is 2.43. The second-order valence-corrected chi connectivity index (χ2v) is 6.27. The molecule has 1 aromatic heterocycles. The van der Waals surface area contributed by atoms with E-state index in [2.05, 4.69) is 17.2 Å². The third-order valence-corrected chi connectivity index (χ3v) is 4.47. The van der Waals surface area contributed by atoms with Crippen molar-refractivity contribution in [2.45, 2.75) is 45.4 Å². The number of anilines is 1. The summed E-state index contributed by atoms with van der Waals surface area (Å²) in [7, 11) is 0. The number of carboxylic acid groups (broad SMARTS) is 1. The van der Waals surface area contributed by atoms with E-state index in [0.29, 0.717) is 11.8 Å². The summed E-state index contributed by atoms with van der Waals surface area (Å²) >= 11 is 1.57. The fraction of sp³-hybridized carbons (Fsp3) is 0.692. The van der Waals surface area contributed by atoms with Crippen molar-refractivity contribution in [2.24, 2.45) is 5.41 Å². The predicted octanol–water partition coefficient (Wildman–Crippen LogP) is 3.15. The standard InChI is InChI=1S/C13H20N2O2S/c1-13(6-2-3-7-13)9-14-12-15-10(8-18-12)4-5-11(16)17/h8H,2-7,9H2,1H3,(H,14,15)(H,16,17). The number of hydrogen-bond acceptors (Lipinski definition) is 4. The molecule has 2 rings (SSSR count). The van der Waals surface area contributed by atoms with Gasteiger partial charge in [0, 0.05) is 18.3 Å². The Morgan fingerprint density at radius 1 is 1.56 bits per heavy atom. The zero-order chi connectivity index (χ0) is 13.0. The van der Waals surface area contributed by atoms with Gasteiger partial charge in [0.15, 0.2) is 5.13 Å². The minimum absolute atomic E-state index is 0.154. The minimum atomic E-state index is -0.768. The highest BCUT2D eigenvalue weighted by Crippen LogP contribution is 2.37. The molecule has 1 aromatic rings. The van der Waals surface area contributed by atoms with Crippen LogP contribution in [0.3, 0.4) is 0 Å². The van der Waals surface area contributed by atoms with E-state index in [1.165, 1.54) is 25.7 Å². The number of aliphatic carboxylic acids is 1. The zero-order valence-electron chi connectivity index (χ0n) is 10.7. The summed E-state index contributed by atoms with van der Waals surface area (Å²) in [5.74, 6) is -0.768. The summed E-state index contributed by atoms with van der Waals surface area (Å²) in [6.45, 7) is 3.30. The highest BCUT2D eigenvalue weighted by molar-refractivity contribution is 7.13. The summed E-state index contributed by atoms with van der Waals surface area (Å²) in [6, 6.07) is 0. The van der Waals surface area contributed by atoms with Crippen LogP contribution in [-0.4, -0.2) is 22.6 Å². The van der Waals surface area contributed by atoms with Gasteiger partial charge in [-0.1, -0.05) is 19.8 Å². The second kappa shape index (κ2) is 5.69. The molecule has 1 saturated carbocycles. The lowest BCUT2D eigenvalue weighted by Crippen LogP contribution is -2.22. The second-order valence-electron chi connectivity index (χ2n) is 5.41. The van der Waals surface area contributed by atoms with Gasteiger partial charge in [0.2, 0.25) is 0 Å². The van der Waals surface area contributed by atoms with Gasteiger partial charge in [0.1, 0.15) is 0 Å². The zero-order valence-corrected chi connectivity index (χ0v) is 11.6. The quantitative estimate of drug-likeness (QED) is 0.832. The number of thiazole rings is 1. The van der Waals surface area contributed by atoms with Crippen LogP contribution in [0, 0.1) is 5.41 Å². The topological polar surface area (TPSA) is 62.2 Å². The molecule has 0 amide bonds. The molecule has 0 bridgehead atoms. The number of aryl methyl sites for hydroxylation is 1. The van der Waals surface area contributed by atoms with Crippen molar-refractivity contribution in [3.63, 3.8) is 0 Å².